The number of nitrogens with zero attached hydrogens (tertiary/aromatic N) is 1. The van der Waals surface area contributed by atoms with Crippen molar-refractivity contribution >= 4 is 23.4 Å². The van der Waals surface area contributed by atoms with Crippen molar-refractivity contribution in [1.82, 2.24) is 4.90 Å². The molecular weight excluding hydrogens is 220 g/mol. The summed E-state index contributed by atoms with van der Waals surface area (Å²) in [5.74, 6) is 0.102. The highest BCUT2D eigenvalue weighted by atomic mass is 32.2. The molecule has 1 aromatic rings. The summed E-state index contributed by atoms with van der Waals surface area (Å²) in [6.45, 7) is 3.89. The summed E-state index contributed by atoms with van der Waals surface area (Å²) in [5.41, 5.74) is 7.77. The van der Waals surface area contributed by atoms with Gasteiger partial charge in [-0.05, 0) is 31.5 Å². The van der Waals surface area contributed by atoms with E-state index in [0.29, 0.717) is 0 Å². The Morgan fingerprint density at radius 1 is 1.44 bits per heavy atom. The summed E-state index contributed by atoms with van der Waals surface area (Å²) in [7, 11) is 3.52. The molecule has 1 unspecified atom stereocenters. The summed E-state index contributed by atoms with van der Waals surface area (Å²) < 4.78 is 0. The molecule has 16 heavy (non-hydrogen) atoms. The topological polar surface area (TPSA) is 46.3 Å². The number of aryl methyl sites for hydroxylation is 1. The van der Waals surface area contributed by atoms with Crippen molar-refractivity contribution < 1.29 is 4.79 Å². The van der Waals surface area contributed by atoms with Gasteiger partial charge in [-0.1, -0.05) is 6.07 Å². The van der Waals surface area contributed by atoms with Crippen molar-refractivity contribution in [3.63, 3.8) is 0 Å². The Kier molecular flexibility index (Phi) is 4.24. The summed E-state index contributed by atoms with van der Waals surface area (Å²) in [5, 5.41) is -0.111. The molecular formula is C12H18N2OS. The van der Waals surface area contributed by atoms with Gasteiger partial charge in [-0.2, -0.15) is 0 Å². The third-order valence-corrected chi connectivity index (χ3v) is 3.44. The molecule has 88 valence electrons. The Morgan fingerprint density at radius 2 is 2.06 bits per heavy atom. The molecule has 3 nitrogen and oxygen atoms in total. The van der Waals surface area contributed by atoms with E-state index in [1.807, 2.05) is 32.0 Å². The van der Waals surface area contributed by atoms with Crippen LogP contribution >= 0.6 is 11.8 Å². The zero-order valence-corrected chi connectivity index (χ0v) is 11.0. The van der Waals surface area contributed by atoms with E-state index in [9.17, 15) is 4.79 Å². The minimum atomic E-state index is -0.111. The van der Waals surface area contributed by atoms with E-state index < -0.39 is 0 Å². The Morgan fingerprint density at radius 3 is 2.56 bits per heavy atom. The highest BCUT2D eigenvalue weighted by Crippen LogP contribution is 2.29. The molecule has 0 aliphatic rings. The molecule has 1 amide bonds. The second-order valence-electron chi connectivity index (χ2n) is 4.03. The van der Waals surface area contributed by atoms with Gasteiger partial charge in [0.15, 0.2) is 0 Å². The monoisotopic (exact) mass is 238 g/mol. The molecule has 0 fully saturated rings. The fourth-order valence-electron chi connectivity index (χ4n) is 1.38. The van der Waals surface area contributed by atoms with E-state index in [2.05, 4.69) is 0 Å². The van der Waals surface area contributed by atoms with Gasteiger partial charge in [0, 0.05) is 24.7 Å². The molecule has 0 saturated carbocycles. The van der Waals surface area contributed by atoms with Crippen LogP contribution in [0.2, 0.25) is 0 Å². The number of benzene rings is 1. The van der Waals surface area contributed by atoms with E-state index in [1.54, 1.807) is 19.0 Å². The maximum Gasteiger partial charge on any atom is 0.235 e. The lowest BCUT2D eigenvalue weighted by Crippen LogP contribution is -2.29. The number of rotatable bonds is 3. The Bertz CT molecular complexity index is 391. The van der Waals surface area contributed by atoms with Crippen molar-refractivity contribution in [2.45, 2.75) is 24.0 Å². The van der Waals surface area contributed by atoms with Crippen LogP contribution in [0, 0.1) is 6.92 Å². The molecule has 0 aliphatic carbocycles. The normalized spacial score (nSPS) is 12.2. The second kappa shape index (κ2) is 5.25. The molecule has 1 atom stereocenters. The van der Waals surface area contributed by atoms with Gasteiger partial charge < -0.3 is 10.6 Å². The Labute approximate surface area is 101 Å². The number of hydrogen-bond acceptors (Lipinski definition) is 3. The van der Waals surface area contributed by atoms with Crippen LogP contribution in [0.5, 0.6) is 0 Å². The smallest absolute Gasteiger partial charge is 0.235 e. The number of carbonyl (C=O) groups is 1. The average molecular weight is 238 g/mol. The number of nitrogens with two attached hydrogens (primary N) is 1. The maximum absolute atomic E-state index is 11.7. The van der Waals surface area contributed by atoms with Crippen LogP contribution in [0.25, 0.3) is 0 Å². The predicted octanol–water partition coefficient (Wildman–Crippen LogP) is 2.15. The van der Waals surface area contributed by atoms with Crippen LogP contribution in [0.4, 0.5) is 5.69 Å². The predicted molar refractivity (Wildman–Crippen MR) is 69.6 cm³/mol. The number of hydrogen-bond donors (Lipinski definition) is 1. The molecule has 0 spiro atoms. The van der Waals surface area contributed by atoms with Crippen molar-refractivity contribution in [3.05, 3.63) is 23.8 Å². The first-order valence-corrected chi connectivity index (χ1v) is 6.03. The Balaban J connectivity index is 2.77. The first-order valence-electron chi connectivity index (χ1n) is 5.15. The highest BCUT2D eigenvalue weighted by Gasteiger charge is 2.16. The third-order valence-electron chi connectivity index (χ3n) is 2.26. The molecule has 0 radical (unpaired) electrons. The average Bonchev–Trinajstić information content (AvgIpc) is 2.20. The molecule has 2 N–H and O–H groups in total. The van der Waals surface area contributed by atoms with Gasteiger partial charge in [0.1, 0.15) is 0 Å². The van der Waals surface area contributed by atoms with Crippen LogP contribution in [0.15, 0.2) is 23.1 Å². The fraction of sp³-hybridized carbons (Fsp3) is 0.417. The van der Waals surface area contributed by atoms with Crippen LogP contribution in [-0.4, -0.2) is 30.2 Å². The zero-order valence-electron chi connectivity index (χ0n) is 10.2. The zero-order chi connectivity index (χ0) is 12.3. The van der Waals surface area contributed by atoms with Gasteiger partial charge in [0.2, 0.25) is 5.91 Å². The van der Waals surface area contributed by atoms with Gasteiger partial charge in [-0.15, -0.1) is 11.8 Å². The van der Waals surface area contributed by atoms with Gasteiger partial charge in [0.05, 0.1) is 5.25 Å². The van der Waals surface area contributed by atoms with Crippen molar-refractivity contribution in [3.8, 4) is 0 Å². The maximum atomic E-state index is 11.7. The van der Waals surface area contributed by atoms with E-state index in [-0.39, 0.29) is 11.2 Å². The fourth-order valence-corrected chi connectivity index (χ4v) is 2.41. The van der Waals surface area contributed by atoms with Gasteiger partial charge >= 0.3 is 0 Å². The van der Waals surface area contributed by atoms with Crippen molar-refractivity contribution in [2.75, 3.05) is 19.8 Å². The number of carbonyl (C=O) groups excluding carboxylic acids is 1. The van der Waals surface area contributed by atoms with Gasteiger partial charge in [-0.3, -0.25) is 4.79 Å². The summed E-state index contributed by atoms with van der Waals surface area (Å²) in [4.78, 5) is 14.3. The second-order valence-corrected chi connectivity index (χ2v) is 5.42. The minimum Gasteiger partial charge on any atom is -0.398 e. The van der Waals surface area contributed by atoms with Crippen LogP contribution in [0.3, 0.4) is 0 Å². The van der Waals surface area contributed by atoms with E-state index >= 15 is 0 Å². The molecule has 0 bridgehead atoms. The van der Waals surface area contributed by atoms with Crippen molar-refractivity contribution in [1.29, 1.82) is 0 Å². The quantitative estimate of drug-likeness (QED) is 0.648. The van der Waals surface area contributed by atoms with E-state index in [1.165, 1.54) is 11.8 Å². The molecule has 0 aromatic heterocycles. The molecule has 1 aromatic carbocycles. The lowest BCUT2D eigenvalue weighted by molar-refractivity contribution is -0.127. The molecule has 1 rings (SSSR count). The Hall–Kier alpha value is -1.16. The van der Waals surface area contributed by atoms with Gasteiger partial charge in [0.25, 0.3) is 0 Å². The minimum absolute atomic E-state index is 0.102. The summed E-state index contributed by atoms with van der Waals surface area (Å²) in [6.07, 6.45) is 0. The summed E-state index contributed by atoms with van der Waals surface area (Å²) in [6, 6.07) is 5.90. The largest absolute Gasteiger partial charge is 0.398 e. The summed E-state index contributed by atoms with van der Waals surface area (Å²) >= 11 is 1.50. The lowest BCUT2D eigenvalue weighted by Gasteiger charge is -2.17. The number of thioether (sulfide) groups is 1. The SMILES string of the molecule is Cc1ccc(SC(C)C(=O)N(C)C)c(N)c1. The van der Waals surface area contributed by atoms with E-state index in [0.717, 1.165) is 16.1 Å². The molecule has 0 saturated heterocycles. The number of nitrogen functional groups attached to an aromatic ring is 1. The van der Waals surface area contributed by atoms with Crippen LogP contribution in [-0.2, 0) is 4.79 Å². The lowest BCUT2D eigenvalue weighted by atomic mass is 10.2. The standard InChI is InChI=1S/C12H18N2OS/c1-8-5-6-11(10(13)7-8)16-9(2)12(15)14(3)4/h5-7,9H,13H2,1-4H3. The van der Waals surface area contributed by atoms with Crippen LogP contribution in [0.1, 0.15) is 12.5 Å². The third kappa shape index (κ3) is 3.17. The highest BCUT2D eigenvalue weighted by molar-refractivity contribution is 8.00. The van der Waals surface area contributed by atoms with Crippen LogP contribution < -0.4 is 5.73 Å². The first kappa shape index (κ1) is 12.9. The number of amides is 1. The first-order chi connectivity index (χ1) is 7.41. The van der Waals surface area contributed by atoms with Crippen molar-refractivity contribution in [2.24, 2.45) is 0 Å². The molecule has 0 aliphatic heterocycles. The number of anilines is 1. The molecule has 0 heterocycles. The van der Waals surface area contributed by atoms with E-state index in [4.69, 9.17) is 5.73 Å². The van der Waals surface area contributed by atoms with Gasteiger partial charge in [-0.25, -0.2) is 0 Å². The molecule has 4 heteroatoms.